The Kier molecular flexibility index (Phi) is 5.19. The minimum atomic E-state index is -1.40. The maximum Gasteiger partial charge on any atom is 0.192 e. The molecule has 1 fully saturated rings. The van der Waals surface area contributed by atoms with E-state index in [1.54, 1.807) is 0 Å². The molecule has 3 heteroatoms. The molecule has 0 unspecified atom stereocenters. The molecule has 1 heterocycles. The standard InChI is InChI=1S/C16H27NOSi/c1-4-19(5-2,6-3)18-16-13-17(14-16)12-15-10-8-7-9-11-15/h7-11,16H,4-6,12-14H2,1-3H3. The van der Waals surface area contributed by atoms with Gasteiger partial charge in [-0.2, -0.15) is 0 Å². The normalized spacial score (nSPS) is 17.4. The summed E-state index contributed by atoms with van der Waals surface area (Å²) in [4.78, 5) is 2.49. The first-order chi connectivity index (χ1) is 9.21. The molecule has 2 rings (SSSR count). The maximum absolute atomic E-state index is 6.49. The minimum absolute atomic E-state index is 0.496. The van der Waals surface area contributed by atoms with Crippen LogP contribution in [0.5, 0.6) is 0 Å². The first-order valence-corrected chi connectivity index (χ1v) is 10.2. The monoisotopic (exact) mass is 277 g/mol. The first kappa shape index (κ1) is 14.8. The summed E-state index contributed by atoms with van der Waals surface area (Å²) in [5, 5.41) is 0. The van der Waals surface area contributed by atoms with Gasteiger partial charge in [0.2, 0.25) is 0 Å². The molecule has 0 aromatic heterocycles. The Hall–Kier alpha value is -0.643. The number of benzene rings is 1. The summed E-state index contributed by atoms with van der Waals surface area (Å²) in [7, 11) is -1.40. The van der Waals surface area contributed by atoms with E-state index in [0.717, 1.165) is 19.6 Å². The van der Waals surface area contributed by atoms with Crippen LogP contribution in [0.4, 0.5) is 0 Å². The van der Waals surface area contributed by atoms with Gasteiger partial charge in [0.05, 0.1) is 6.10 Å². The van der Waals surface area contributed by atoms with E-state index in [2.05, 4.69) is 56.0 Å². The van der Waals surface area contributed by atoms with Crippen molar-refractivity contribution >= 4 is 8.32 Å². The zero-order chi connectivity index (χ0) is 13.7. The van der Waals surface area contributed by atoms with Crippen LogP contribution in [0.25, 0.3) is 0 Å². The molecule has 1 saturated heterocycles. The second kappa shape index (κ2) is 6.68. The predicted octanol–water partition coefficient (Wildman–Crippen LogP) is 3.89. The Morgan fingerprint density at radius 3 is 2.16 bits per heavy atom. The van der Waals surface area contributed by atoms with Crippen molar-refractivity contribution in [1.82, 2.24) is 4.90 Å². The molecule has 0 atom stereocenters. The van der Waals surface area contributed by atoms with E-state index < -0.39 is 8.32 Å². The number of rotatable bonds is 7. The number of hydrogen-bond acceptors (Lipinski definition) is 2. The average Bonchev–Trinajstić information content (AvgIpc) is 2.43. The molecule has 1 aliphatic rings. The zero-order valence-electron chi connectivity index (χ0n) is 12.6. The highest BCUT2D eigenvalue weighted by Crippen LogP contribution is 2.27. The summed E-state index contributed by atoms with van der Waals surface area (Å²) >= 11 is 0. The third-order valence-electron chi connectivity index (χ3n) is 4.52. The predicted molar refractivity (Wildman–Crippen MR) is 83.8 cm³/mol. The molecule has 19 heavy (non-hydrogen) atoms. The number of hydrogen-bond donors (Lipinski definition) is 0. The van der Waals surface area contributed by atoms with E-state index >= 15 is 0 Å². The van der Waals surface area contributed by atoms with Crippen molar-refractivity contribution in [2.24, 2.45) is 0 Å². The topological polar surface area (TPSA) is 12.5 Å². The summed E-state index contributed by atoms with van der Waals surface area (Å²) < 4.78 is 6.49. The second-order valence-electron chi connectivity index (χ2n) is 5.66. The van der Waals surface area contributed by atoms with Crippen LogP contribution in [0.3, 0.4) is 0 Å². The Labute approximate surface area is 118 Å². The summed E-state index contributed by atoms with van der Waals surface area (Å²) in [6, 6.07) is 14.5. The zero-order valence-corrected chi connectivity index (χ0v) is 13.6. The average molecular weight is 277 g/mol. The number of nitrogens with zero attached hydrogens (tertiary/aromatic N) is 1. The van der Waals surface area contributed by atoms with Crippen LogP contribution in [0.2, 0.25) is 18.1 Å². The Morgan fingerprint density at radius 2 is 1.63 bits per heavy atom. The third kappa shape index (κ3) is 3.68. The molecule has 0 saturated carbocycles. The molecule has 2 nitrogen and oxygen atoms in total. The van der Waals surface area contributed by atoms with Crippen molar-refractivity contribution in [2.75, 3.05) is 13.1 Å². The molecule has 0 amide bonds. The van der Waals surface area contributed by atoms with Gasteiger partial charge in [0.1, 0.15) is 0 Å². The van der Waals surface area contributed by atoms with Crippen LogP contribution < -0.4 is 0 Å². The Balaban J connectivity index is 1.77. The van der Waals surface area contributed by atoms with Crippen LogP contribution in [0.1, 0.15) is 26.3 Å². The van der Waals surface area contributed by atoms with Gasteiger partial charge < -0.3 is 4.43 Å². The molecule has 0 spiro atoms. The molecular formula is C16H27NOSi. The van der Waals surface area contributed by atoms with Gasteiger partial charge in [-0.25, -0.2) is 0 Å². The second-order valence-corrected chi connectivity index (χ2v) is 10.4. The van der Waals surface area contributed by atoms with Crippen LogP contribution in [-0.4, -0.2) is 32.4 Å². The fraction of sp³-hybridized carbons (Fsp3) is 0.625. The highest BCUT2D eigenvalue weighted by Gasteiger charge is 2.36. The lowest BCUT2D eigenvalue weighted by molar-refractivity contribution is 0.00707. The third-order valence-corrected chi connectivity index (χ3v) is 9.22. The van der Waals surface area contributed by atoms with E-state index in [4.69, 9.17) is 4.43 Å². The smallest absolute Gasteiger partial charge is 0.192 e. The summed E-state index contributed by atoms with van der Waals surface area (Å²) in [6.45, 7) is 10.2. The van der Waals surface area contributed by atoms with Gasteiger partial charge in [0, 0.05) is 19.6 Å². The van der Waals surface area contributed by atoms with E-state index in [0.29, 0.717) is 6.10 Å². The van der Waals surface area contributed by atoms with Gasteiger partial charge in [-0.1, -0.05) is 51.1 Å². The van der Waals surface area contributed by atoms with Crippen molar-refractivity contribution in [3.63, 3.8) is 0 Å². The van der Waals surface area contributed by atoms with Gasteiger partial charge in [-0.3, -0.25) is 4.90 Å². The molecular weight excluding hydrogens is 250 g/mol. The van der Waals surface area contributed by atoms with Gasteiger partial charge in [-0.05, 0) is 23.7 Å². The Bertz CT molecular complexity index is 363. The van der Waals surface area contributed by atoms with E-state index in [1.165, 1.54) is 23.7 Å². The van der Waals surface area contributed by atoms with E-state index in [1.807, 2.05) is 0 Å². The fourth-order valence-corrected chi connectivity index (χ4v) is 5.78. The van der Waals surface area contributed by atoms with Crippen LogP contribution in [0, 0.1) is 0 Å². The molecule has 1 aromatic carbocycles. The molecule has 106 valence electrons. The molecule has 1 aliphatic heterocycles. The lowest BCUT2D eigenvalue weighted by atomic mass is 10.1. The highest BCUT2D eigenvalue weighted by atomic mass is 28.4. The SMILES string of the molecule is CC[Si](CC)(CC)OC1CN(Cc2ccccc2)C1. The van der Waals surface area contributed by atoms with Crippen molar-refractivity contribution in [3.8, 4) is 0 Å². The summed E-state index contributed by atoms with van der Waals surface area (Å²) in [5.74, 6) is 0. The summed E-state index contributed by atoms with van der Waals surface area (Å²) in [6.07, 6.45) is 0.496. The van der Waals surface area contributed by atoms with Crippen LogP contribution >= 0.6 is 0 Å². The Morgan fingerprint density at radius 1 is 1.05 bits per heavy atom. The van der Waals surface area contributed by atoms with E-state index in [9.17, 15) is 0 Å². The molecule has 0 radical (unpaired) electrons. The van der Waals surface area contributed by atoms with Crippen LogP contribution in [0.15, 0.2) is 30.3 Å². The quantitative estimate of drug-likeness (QED) is 0.701. The largest absolute Gasteiger partial charge is 0.411 e. The van der Waals surface area contributed by atoms with Crippen molar-refractivity contribution in [2.45, 2.75) is 51.6 Å². The van der Waals surface area contributed by atoms with Crippen molar-refractivity contribution in [1.29, 1.82) is 0 Å². The maximum atomic E-state index is 6.49. The lowest BCUT2D eigenvalue weighted by Gasteiger charge is -2.44. The number of likely N-dealkylation sites (tertiary alicyclic amines) is 1. The molecule has 0 bridgehead atoms. The summed E-state index contributed by atoms with van der Waals surface area (Å²) in [5.41, 5.74) is 1.41. The highest BCUT2D eigenvalue weighted by molar-refractivity contribution is 6.73. The van der Waals surface area contributed by atoms with Crippen molar-refractivity contribution < 1.29 is 4.43 Å². The van der Waals surface area contributed by atoms with Gasteiger partial charge in [-0.15, -0.1) is 0 Å². The van der Waals surface area contributed by atoms with Gasteiger partial charge in [0.15, 0.2) is 8.32 Å². The molecule has 0 aliphatic carbocycles. The fourth-order valence-electron chi connectivity index (χ4n) is 2.92. The van der Waals surface area contributed by atoms with Crippen LogP contribution in [-0.2, 0) is 11.0 Å². The lowest BCUT2D eigenvalue weighted by Crippen LogP contribution is -2.56. The van der Waals surface area contributed by atoms with Gasteiger partial charge in [0.25, 0.3) is 0 Å². The first-order valence-electron chi connectivity index (χ1n) is 7.65. The van der Waals surface area contributed by atoms with Gasteiger partial charge >= 0.3 is 0 Å². The molecule has 1 aromatic rings. The minimum Gasteiger partial charge on any atom is -0.411 e. The van der Waals surface area contributed by atoms with Crippen molar-refractivity contribution in [3.05, 3.63) is 35.9 Å². The molecule has 0 N–H and O–H groups in total. The van der Waals surface area contributed by atoms with E-state index in [-0.39, 0.29) is 0 Å².